The van der Waals surface area contributed by atoms with E-state index in [1.165, 1.54) is 10.8 Å². The van der Waals surface area contributed by atoms with Crippen LogP contribution in [0.25, 0.3) is 0 Å². The Hall–Kier alpha value is -1.80. The van der Waals surface area contributed by atoms with Gasteiger partial charge in [0.1, 0.15) is 18.5 Å². The van der Waals surface area contributed by atoms with E-state index in [-0.39, 0.29) is 6.42 Å². The van der Waals surface area contributed by atoms with Gasteiger partial charge in [-0.15, -0.1) is 0 Å². The summed E-state index contributed by atoms with van der Waals surface area (Å²) in [6.45, 7) is 5.22. The van der Waals surface area contributed by atoms with E-state index in [0.29, 0.717) is 5.82 Å². The second-order valence-corrected chi connectivity index (χ2v) is 5.00. The zero-order valence-corrected chi connectivity index (χ0v) is 12.7. The molecule has 1 N–H and O–H groups in total. The first-order valence-corrected chi connectivity index (χ1v) is 7.36. The van der Waals surface area contributed by atoms with E-state index in [2.05, 4.69) is 9.98 Å². The van der Waals surface area contributed by atoms with Crippen LogP contribution in [-0.4, -0.2) is 57.9 Å². The molecule has 1 aliphatic rings. The molecule has 0 amide bonds. The van der Waals surface area contributed by atoms with Crippen LogP contribution in [0.2, 0.25) is 0 Å². The maximum atomic E-state index is 13.6. The van der Waals surface area contributed by atoms with Crippen LogP contribution in [0.3, 0.4) is 0 Å². The minimum atomic E-state index is -1.29. The van der Waals surface area contributed by atoms with Gasteiger partial charge in [0.05, 0.1) is 12.9 Å². The van der Waals surface area contributed by atoms with Gasteiger partial charge < -0.3 is 14.7 Å². The molecule has 2 heterocycles. The Bertz CT molecular complexity index is 573. The molecule has 1 saturated heterocycles. The van der Waals surface area contributed by atoms with E-state index in [4.69, 9.17) is 9.84 Å². The van der Waals surface area contributed by atoms with Crippen molar-refractivity contribution in [3.63, 3.8) is 0 Å². The number of hydrogen-bond donors (Lipinski definition) is 1. The van der Waals surface area contributed by atoms with Crippen LogP contribution in [0, 0.1) is 0 Å². The lowest BCUT2D eigenvalue weighted by Gasteiger charge is -2.14. The molecule has 1 aromatic heterocycles. The summed E-state index contributed by atoms with van der Waals surface area (Å²) in [4.78, 5) is 22.0. The summed E-state index contributed by atoms with van der Waals surface area (Å²) in [7, 11) is 0. The zero-order valence-electron chi connectivity index (χ0n) is 12.7. The largest absolute Gasteiger partial charge is 0.394 e. The molecule has 0 saturated carbocycles. The average Bonchev–Trinajstić information content (AvgIpc) is 2.89. The summed E-state index contributed by atoms with van der Waals surface area (Å²) in [6, 6.07) is 1.57. The van der Waals surface area contributed by atoms with E-state index in [9.17, 15) is 9.18 Å². The molecule has 22 heavy (non-hydrogen) atoms. The van der Waals surface area contributed by atoms with Gasteiger partial charge in [-0.3, -0.25) is 4.57 Å². The number of nitrogens with zero attached hydrogens (tertiary/aromatic N) is 4. The molecule has 3 atom stereocenters. The van der Waals surface area contributed by atoms with Gasteiger partial charge in [-0.05, 0) is 19.9 Å². The number of ether oxygens (including phenoxy) is 1. The van der Waals surface area contributed by atoms with Crippen molar-refractivity contribution in [1.29, 1.82) is 0 Å². The van der Waals surface area contributed by atoms with Gasteiger partial charge in [0.15, 0.2) is 5.82 Å². The number of aliphatic hydroxyl groups excluding tert-OH is 1. The SMILES string of the molecule is CCN(C=Nc1ccn([C@H]2C[C@H](F)[C@@H](CO)O2)c(=O)n1)CC. The predicted octanol–water partition coefficient (Wildman–Crippen LogP) is 0.863. The molecule has 1 fully saturated rings. The van der Waals surface area contributed by atoms with Gasteiger partial charge in [0.25, 0.3) is 0 Å². The molecule has 8 heteroatoms. The standard InChI is InChI=1S/C14H21FN4O3/c1-3-18(4-2)9-16-12-5-6-19(14(21)17-12)13-7-10(15)11(8-20)22-13/h5-6,9-11,13,20H,3-4,7-8H2,1-2H3/t10-,11+,13+/m0/s1. The van der Waals surface area contributed by atoms with Crippen molar-refractivity contribution in [2.75, 3.05) is 19.7 Å². The number of hydrogen-bond acceptors (Lipinski definition) is 5. The van der Waals surface area contributed by atoms with E-state index in [1.54, 1.807) is 12.4 Å². The summed E-state index contributed by atoms with van der Waals surface area (Å²) >= 11 is 0. The van der Waals surface area contributed by atoms with Gasteiger partial charge in [0, 0.05) is 25.7 Å². The molecule has 7 nitrogen and oxygen atoms in total. The fraction of sp³-hybridized carbons (Fsp3) is 0.643. The summed E-state index contributed by atoms with van der Waals surface area (Å²) < 4.78 is 20.1. The number of rotatable bonds is 6. The van der Waals surface area contributed by atoms with E-state index in [0.717, 1.165) is 13.1 Å². The monoisotopic (exact) mass is 312 g/mol. The first-order chi connectivity index (χ1) is 10.6. The van der Waals surface area contributed by atoms with Crippen molar-refractivity contribution in [3.8, 4) is 0 Å². The first kappa shape index (κ1) is 16.6. The maximum absolute atomic E-state index is 13.6. The summed E-state index contributed by atoms with van der Waals surface area (Å²) in [6.07, 6.45) is 0.223. The minimum absolute atomic E-state index is 0.0227. The van der Waals surface area contributed by atoms with Gasteiger partial charge in [-0.25, -0.2) is 14.2 Å². The Kier molecular flexibility index (Phi) is 5.62. The second-order valence-electron chi connectivity index (χ2n) is 5.00. The third kappa shape index (κ3) is 3.69. The molecule has 0 spiro atoms. The Labute approximate surface area is 128 Å². The fourth-order valence-electron chi connectivity index (χ4n) is 2.25. The Morgan fingerprint density at radius 2 is 2.32 bits per heavy atom. The van der Waals surface area contributed by atoms with E-state index < -0.39 is 30.8 Å². The van der Waals surface area contributed by atoms with Crippen molar-refractivity contribution in [2.24, 2.45) is 4.99 Å². The number of aromatic nitrogens is 2. The van der Waals surface area contributed by atoms with Crippen molar-refractivity contribution in [2.45, 2.75) is 38.8 Å². The van der Waals surface area contributed by atoms with Crippen molar-refractivity contribution >= 4 is 12.2 Å². The normalized spacial score (nSPS) is 25.0. The molecular formula is C14H21FN4O3. The Morgan fingerprint density at radius 1 is 1.59 bits per heavy atom. The number of aliphatic hydroxyl groups is 1. The van der Waals surface area contributed by atoms with Crippen LogP contribution in [-0.2, 0) is 4.74 Å². The van der Waals surface area contributed by atoms with Crippen LogP contribution in [0.5, 0.6) is 0 Å². The number of halogens is 1. The van der Waals surface area contributed by atoms with Crippen LogP contribution in [0.1, 0.15) is 26.5 Å². The van der Waals surface area contributed by atoms with Gasteiger partial charge in [-0.2, -0.15) is 4.98 Å². The lowest BCUT2D eigenvalue weighted by Crippen LogP contribution is -2.27. The van der Waals surface area contributed by atoms with Crippen molar-refractivity contribution in [1.82, 2.24) is 14.5 Å². The lowest BCUT2D eigenvalue weighted by molar-refractivity contribution is -0.0355. The van der Waals surface area contributed by atoms with Crippen molar-refractivity contribution < 1.29 is 14.2 Å². The minimum Gasteiger partial charge on any atom is -0.394 e. The third-order valence-corrected chi connectivity index (χ3v) is 3.63. The van der Waals surface area contributed by atoms with Crippen LogP contribution in [0.15, 0.2) is 22.1 Å². The predicted molar refractivity (Wildman–Crippen MR) is 80.1 cm³/mol. The highest BCUT2D eigenvalue weighted by molar-refractivity contribution is 5.59. The zero-order chi connectivity index (χ0) is 16.1. The smallest absolute Gasteiger partial charge is 0.351 e. The van der Waals surface area contributed by atoms with Crippen LogP contribution in [0.4, 0.5) is 10.2 Å². The Morgan fingerprint density at radius 3 is 2.86 bits per heavy atom. The highest BCUT2D eigenvalue weighted by atomic mass is 19.1. The summed E-state index contributed by atoms with van der Waals surface area (Å²) in [5.41, 5.74) is -0.551. The highest BCUT2D eigenvalue weighted by Gasteiger charge is 2.36. The van der Waals surface area contributed by atoms with Gasteiger partial charge in [-0.1, -0.05) is 0 Å². The topological polar surface area (TPSA) is 80.0 Å². The summed E-state index contributed by atoms with van der Waals surface area (Å²) in [5.74, 6) is 0.293. The first-order valence-electron chi connectivity index (χ1n) is 7.36. The molecular weight excluding hydrogens is 291 g/mol. The second kappa shape index (κ2) is 7.46. The molecule has 0 bridgehead atoms. The number of alkyl halides is 1. The molecule has 0 aromatic carbocycles. The molecule has 1 aliphatic heterocycles. The van der Waals surface area contributed by atoms with Crippen LogP contribution >= 0.6 is 0 Å². The lowest BCUT2D eigenvalue weighted by atomic mass is 10.2. The molecule has 1 aromatic rings. The fourth-order valence-corrected chi connectivity index (χ4v) is 2.25. The maximum Gasteiger partial charge on any atom is 0.351 e. The summed E-state index contributed by atoms with van der Waals surface area (Å²) in [5, 5.41) is 8.99. The average molecular weight is 312 g/mol. The quantitative estimate of drug-likeness (QED) is 0.622. The molecule has 0 unspecified atom stereocenters. The van der Waals surface area contributed by atoms with Gasteiger partial charge >= 0.3 is 5.69 Å². The van der Waals surface area contributed by atoms with Crippen molar-refractivity contribution in [3.05, 3.63) is 22.7 Å². The van der Waals surface area contributed by atoms with E-state index >= 15 is 0 Å². The molecule has 122 valence electrons. The van der Waals surface area contributed by atoms with E-state index in [1.807, 2.05) is 18.7 Å². The molecule has 0 radical (unpaired) electrons. The molecule has 2 rings (SSSR count). The van der Waals surface area contributed by atoms with Gasteiger partial charge in [0.2, 0.25) is 0 Å². The van der Waals surface area contributed by atoms with Crippen LogP contribution < -0.4 is 5.69 Å². The highest BCUT2D eigenvalue weighted by Crippen LogP contribution is 2.29. The Balaban J connectivity index is 2.12. The molecule has 0 aliphatic carbocycles. The number of aliphatic imine (C=N–C) groups is 1. The third-order valence-electron chi connectivity index (χ3n) is 3.63.